The van der Waals surface area contributed by atoms with E-state index in [4.69, 9.17) is 4.52 Å². The summed E-state index contributed by atoms with van der Waals surface area (Å²) in [4.78, 5) is 13.9. The van der Waals surface area contributed by atoms with Crippen LogP contribution in [0.25, 0.3) is 0 Å². The second-order valence-corrected chi connectivity index (χ2v) is 7.63. The highest BCUT2D eigenvalue weighted by Gasteiger charge is 2.50. The van der Waals surface area contributed by atoms with Crippen molar-refractivity contribution in [3.8, 4) is 0 Å². The van der Waals surface area contributed by atoms with Crippen LogP contribution in [-0.4, -0.2) is 49.8 Å². The molecule has 0 bridgehead atoms. The van der Waals surface area contributed by atoms with Crippen LogP contribution >= 0.6 is 0 Å². The van der Waals surface area contributed by atoms with Crippen LogP contribution in [0.4, 0.5) is 0 Å². The number of carbonyl (C=O) groups is 1. The first kappa shape index (κ1) is 13.6. The molecule has 1 saturated carbocycles. The molecule has 1 aliphatic heterocycles. The zero-order valence-electron chi connectivity index (χ0n) is 11.2. The quantitative estimate of drug-likeness (QED) is 0.862. The molecule has 0 unspecified atom stereocenters. The van der Waals surface area contributed by atoms with Crippen molar-refractivity contribution in [3.05, 3.63) is 18.0 Å². The van der Waals surface area contributed by atoms with Crippen molar-refractivity contribution in [2.24, 2.45) is 5.41 Å². The topological polar surface area (TPSA) is 92.5 Å². The number of nitrogens with one attached hydrogen (secondary N) is 1. The lowest BCUT2D eigenvalue weighted by atomic mass is 9.65. The molecular weight excluding hydrogens is 282 g/mol. The Kier molecular flexibility index (Phi) is 3.09. The number of aromatic nitrogens is 1. The summed E-state index contributed by atoms with van der Waals surface area (Å²) in [6, 6.07) is 1.56. The highest BCUT2D eigenvalue weighted by molar-refractivity contribution is 7.88. The molecule has 1 aromatic rings. The molecule has 1 spiro atoms. The van der Waals surface area contributed by atoms with E-state index in [1.165, 1.54) is 12.5 Å². The molecule has 1 aliphatic carbocycles. The average Bonchev–Trinajstić information content (AvgIpc) is 2.93. The third-order valence-corrected chi connectivity index (χ3v) is 4.88. The summed E-state index contributed by atoms with van der Waals surface area (Å²) in [5.74, 6) is 0.117. The van der Waals surface area contributed by atoms with E-state index < -0.39 is 10.0 Å². The van der Waals surface area contributed by atoms with Gasteiger partial charge in [0.2, 0.25) is 15.8 Å². The molecule has 1 amide bonds. The predicted molar refractivity (Wildman–Crippen MR) is 70.5 cm³/mol. The highest BCUT2D eigenvalue weighted by atomic mass is 32.2. The lowest BCUT2D eigenvalue weighted by Crippen LogP contribution is -2.51. The van der Waals surface area contributed by atoms with Crippen LogP contribution in [0.1, 0.15) is 29.8 Å². The molecule has 7 nitrogen and oxygen atoms in total. The fourth-order valence-electron chi connectivity index (χ4n) is 3.30. The fraction of sp³-hybridized carbons (Fsp3) is 0.667. The Labute approximate surface area is 117 Å². The lowest BCUT2D eigenvalue weighted by Gasteiger charge is -2.44. The first-order valence-electron chi connectivity index (χ1n) is 6.54. The van der Waals surface area contributed by atoms with Crippen LogP contribution in [0, 0.1) is 5.41 Å². The van der Waals surface area contributed by atoms with E-state index in [2.05, 4.69) is 9.88 Å². The summed E-state index contributed by atoms with van der Waals surface area (Å²) in [5, 5.41) is 3.54. The van der Waals surface area contributed by atoms with E-state index >= 15 is 0 Å². The maximum absolute atomic E-state index is 12.1. The van der Waals surface area contributed by atoms with Gasteiger partial charge in [-0.15, -0.1) is 0 Å². The van der Waals surface area contributed by atoms with Gasteiger partial charge in [0.1, 0.15) is 0 Å². The standard InChI is InChI=1S/C12H17N3O4S/c1-20(17,18)14-9-6-12(7-9)3-5-15(8-12)11(16)10-2-4-13-19-10/h2,4,9,14H,3,5-8H2,1H3. The van der Waals surface area contributed by atoms with Gasteiger partial charge in [-0.2, -0.15) is 0 Å². The summed E-state index contributed by atoms with van der Waals surface area (Å²) in [7, 11) is -3.15. The molecule has 20 heavy (non-hydrogen) atoms. The smallest absolute Gasteiger partial charge is 0.292 e. The number of carbonyl (C=O) groups excluding carboxylic acids is 1. The van der Waals surface area contributed by atoms with Crippen LogP contribution in [0.15, 0.2) is 16.8 Å². The van der Waals surface area contributed by atoms with E-state index in [1.807, 2.05) is 0 Å². The monoisotopic (exact) mass is 299 g/mol. The summed E-state index contributed by atoms with van der Waals surface area (Å²) in [6.07, 6.45) is 5.12. The minimum absolute atomic E-state index is 0.00494. The normalized spacial score (nSPS) is 29.6. The number of hydrogen-bond donors (Lipinski definition) is 1. The molecule has 110 valence electrons. The summed E-state index contributed by atoms with van der Waals surface area (Å²) >= 11 is 0. The number of likely N-dealkylation sites (tertiary alicyclic amines) is 1. The van der Waals surface area contributed by atoms with Gasteiger partial charge in [-0.05, 0) is 24.7 Å². The first-order chi connectivity index (χ1) is 9.37. The zero-order chi connectivity index (χ0) is 14.4. The van der Waals surface area contributed by atoms with E-state index in [1.54, 1.807) is 11.0 Å². The van der Waals surface area contributed by atoms with Gasteiger partial charge in [-0.3, -0.25) is 4.79 Å². The predicted octanol–water partition coefficient (Wildman–Crippen LogP) is 0.218. The van der Waals surface area contributed by atoms with E-state index in [0.29, 0.717) is 13.1 Å². The Morgan fingerprint density at radius 1 is 1.55 bits per heavy atom. The van der Waals surface area contributed by atoms with Crippen LogP contribution in [0.3, 0.4) is 0 Å². The van der Waals surface area contributed by atoms with E-state index in [0.717, 1.165) is 19.3 Å². The highest BCUT2D eigenvalue weighted by Crippen LogP contribution is 2.48. The molecule has 0 atom stereocenters. The van der Waals surface area contributed by atoms with Gasteiger partial charge in [0.05, 0.1) is 12.5 Å². The largest absolute Gasteiger partial charge is 0.351 e. The van der Waals surface area contributed by atoms with Crippen LogP contribution in [0.5, 0.6) is 0 Å². The molecule has 2 aliphatic rings. The number of nitrogens with zero attached hydrogens (tertiary/aromatic N) is 2. The molecule has 0 aromatic carbocycles. The van der Waals surface area contributed by atoms with Gasteiger partial charge in [0.25, 0.3) is 5.91 Å². The van der Waals surface area contributed by atoms with Crippen LogP contribution in [0.2, 0.25) is 0 Å². The minimum Gasteiger partial charge on any atom is -0.351 e. The maximum atomic E-state index is 12.1. The lowest BCUT2D eigenvalue weighted by molar-refractivity contribution is 0.0652. The molecule has 8 heteroatoms. The Morgan fingerprint density at radius 2 is 2.30 bits per heavy atom. The number of rotatable bonds is 3. The van der Waals surface area contributed by atoms with Crippen LogP contribution in [-0.2, 0) is 10.0 Å². The van der Waals surface area contributed by atoms with Gasteiger partial charge in [-0.25, -0.2) is 13.1 Å². The third-order valence-electron chi connectivity index (χ3n) is 4.11. The Balaban J connectivity index is 1.58. The van der Waals surface area contributed by atoms with Crippen LogP contribution < -0.4 is 4.72 Å². The number of amides is 1. The van der Waals surface area contributed by atoms with E-state index in [9.17, 15) is 13.2 Å². The third kappa shape index (κ3) is 2.57. The second-order valence-electron chi connectivity index (χ2n) is 5.85. The van der Waals surface area contributed by atoms with Gasteiger partial charge >= 0.3 is 0 Å². The second kappa shape index (κ2) is 4.56. The van der Waals surface area contributed by atoms with E-state index in [-0.39, 0.29) is 23.1 Å². The van der Waals surface area contributed by atoms with Crippen molar-refractivity contribution >= 4 is 15.9 Å². The summed E-state index contributed by atoms with van der Waals surface area (Å²) in [5.41, 5.74) is 0.0675. The molecular formula is C12H17N3O4S. The van der Waals surface area contributed by atoms with Gasteiger partial charge in [0, 0.05) is 25.2 Å². The Hall–Kier alpha value is -1.41. The van der Waals surface area contributed by atoms with Crippen molar-refractivity contribution in [1.82, 2.24) is 14.8 Å². The Morgan fingerprint density at radius 3 is 2.90 bits per heavy atom. The summed E-state index contributed by atoms with van der Waals surface area (Å²) < 4.78 is 29.8. The van der Waals surface area contributed by atoms with Crippen molar-refractivity contribution in [2.75, 3.05) is 19.3 Å². The van der Waals surface area contributed by atoms with Gasteiger partial charge < -0.3 is 9.42 Å². The van der Waals surface area contributed by atoms with Crippen molar-refractivity contribution in [3.63, 3.8) is 0 Å². The molecule has 0 radical (unpaired) electrons. The summed E-state index contributed by atoms with van der Waals surface area (Å²) in [6.45, 7) is 1.35. The molecule has 1 aromatic heterocycles. The molecule has 2 heterocycles. The van der Waals surface area contributed by atoms with Crippen molar-refractivity contribution in [1.29, 1.82) is 0 Å². The molecule has 1 N–H and O–H groups in total. The number of hydrogen-bond acceptors (Lipinski definition) is 5. The van der Waals surface area contributed by atoms with Gasteiger partial charge in [0.15, 0.2) is 0 Å². The van der Waals surface area contributed by atoms with Crippen molar-refractivity contribution in [2.45, 2.75) is 25.3 Å². The Bertz CT molecular complexity index is 605. The minimum atomic E-state index is -3.15. The maximum Gasteiger partial charge on any atom is 0.292 e. The molecule has 3 rings (SSSR count). The SMILES string of the molecule is CS(=O)(=O)NC1CC2(CCN(C(=O)c3ccno3)C2)C1. The fourth-order valence-corrected chi connectivity index (χ4v) is 4.07. The molecule has 2 fully saturated rings. The number of sulfonamides is 1. The molecule has 1 saturated heterocycles. The van der Waals surface area contributed by atoms with Gasteiger partial charge in [-0.1, -0.05) is 5.16 Å². The zero-order valence-corrected chi connectivity index (χ0v) is 12.0. The van der Waals surface area contributed by atoms with Crippen molar-refractivity contribution < 1.29 is 17.7 Å². The first-order valence-corrected chi connectivity index (χ1v) is 8.43. The average molecular weight is 299 g/mol.